The van der Waals surface area contributed by atoms with Crippen molar-refractivity contribution in [2.24, 2.45) is 0 Å². The molecule has 0 aliphatic carbocycles. The van der Waals surface area contributed by atoms with E-state index in [1.165, 1.54) is 0 Å². The molecule has 1 atom stereocenters. The van der Waals surface area contributed by atoms with Gasteiger partial charge in [-0.15, -0.1) is 23.1 Å². The minimum atomic E-state index is -0.282. The fourth-order valence-corrected chi connectivity index (χ4v) is 6.65. The molecule has 0 fully saturated rings. The number of aryl methyl sites for hydroxylation is 1. The van der Waals surface area contributed by atoms with Crippen LogP contribution in [0, 0.1) is 6.92 Å². The quantitative estimate of drug-likeness (QED) is 0.347. The molecule has 9 heteroatoms. The van der Waals surface area contributed by atoms with Gasteiger partial charge < -0.3 is 9.73 Å². The molecule has 0 unspecified atom stereocenters. The van der Waals surface area contributed by atoms with Crippen molar-refractivity contribution in [1.82, 2.24) is 15.1 Å². The van der Waals surface area contributed by atoms with E-state index in [1.54, 1.807) is 46.4 Å². The topological polar surface area (TPSA) is 80.4 Å². The van der Waals surface area contributed by atoms with Crippen LogP contribution >= 0.6 is 23.1 Å². The van der Waals surface area contributed by atoms with Gasteiger partial charge >= 0.3 is 0 Å². The normalized spacial score (nSPS) is 15.9. The number of benzene rings is 1. The first-order chi connectivity index (χ1) is 17.7. The molecule has 3 aromatic heterocycles. The van der Waals surface area contributed by atoms with Gasteiger partial charge in [-0.2, -0.15) is 5.10 Å². The first-order valence-electron chi connectivity index (χ1n) is 12.2. The molecule has 1 aromatic carbocycles. The van der Waals surface area contributed by atoms with Crippen molar-refractivity contribution in [2.45, 2.75) is 44.9 Å². The number of hydrogen-bond acceptors (Lipinski definition) is 6. The predicted molar refractivity (Wildman–Crippen MR) is 149 cm³/mol. The van der Waals surface area contributed by atoms with Gasteiger partial charge in [0.2, 0.25) is 11.8 Å². The van der Waals surface area contributed by atoms with Crippen molar-refractivity contribution < 1.29 is 14.0 Å². The number of fused-ring (bicyclic) bond motifs is 1. The summed E-state index contributed by atoms with van der Waals surface area (Å²) in [5, 5.41) is 10.0. The van der Waals surface area contributed by atoms with Crippen LogP contribution in [0.2, 0.25) is 0 Å². The number of hydrogen-bond donors (Lipinski definition) is 1. The summed E-state index contributed by atoms with van der Waals surface area (Å²) < 4.78 is 7.20. The number of rotatable bonds is 6. The van der Waals surface area contributed by atoms with Crippen LogP contribution in [0.25, 0.3) is 5.69 Å². The van der Waals surface area contributed by atoms with E-state index in [4.69, 9.17) is 9.52 Å². The van der Waals surface area contributed by atoms with Crippen LogP contribution in [-0.4, -0.2) is 33.9 Å². The van der Waals surface area contributed by atoms with Crippen molar-refractivity contribution >= 4 is 40.7 Å². The van der Waals surface area contributed by atoms with E-state index in [0.29, 0.717) is 11.6 Å². The van der Waals surface area contributed by atoms with Crippen LogP contribution in [0.1, 0.15) is 53.5 Å². The summed E-state index contributed by atoms with van der Waals surface area (Å²) in [4.78, 5) is 29.5. The number of furan rings is 1. The molecule has 0 bridgehead atoms. The molecule has 0 saturated carbocycles. The molecule has 0 radical (unpaired) electrons. The number of nitrogens with one attached hydrogen (secondary N) is 1. The van der Waals surface area contributed by atoms with Gasteiger partial charge in [-0.3, -0.25) is 14.5 Å². The lowest BCUT2D eigenvalue weighted by atomic mass is 9.88. The van der Waals surface area contributed by atoms with Crippen molar-refractivity contribution in [3.63, 3.8) is 0 Å². The SMILES string of the molecule is Cc1cccc(-n2nc(C(C)(C)C)c3c2N(CC(=O)NCc2ccco2)C(=O)CS[C@@H]3c2cccs2)c1. The minimum Gasteiger partial charge on any atom is -0.467 e. The van der Waals surface area contributed by atoms with E-state index in [1.807, 2.05) is 35.9 Å². The number of anilines is 1. The molecule has 4 aromatic rings. The molecular formula is C28H30N4O3S2. The highest BCUT2D eigenvalue weighted by Gasteiger charge is 2.40. The summed E-state index contributed by atoms with van der Waals surface area (Å²) in [7, 11) is 0. The smallest absolute Gasteiger partial charge is 0.240 e. The largest absolute Gasteiger partial charge is 0.467 e. The number of aromatic nitrogens is 2. The Balaban J connectivity index is 1.65. The molecule has 0 saturated heterocycles. The Morgan fingerprint density at radius 2 is 2.03 bits per heavy atom. The van der Waals surface area contributed by atoms with Crippen LogP contribution in [0.15, 0.2) is 64.6 Å². The van der Waals surface area contributed by atoms with Crippen LogP contribution in [0.5, 0.6) is 0 Å². The van der Waals surface area contributed by atoms with Gasteiger partial charge in [0.1, 0.15) is 18.1 Å². The standard InChI is InChI=1S/C28H30N4O3S2/c1-18-8-5-9-19(14-18)32-27-24(26(30-32)28(2,3)4)25(21-11-7-13-36-21)37-17-23(34)31(27)16-22(33)29-15-20-10-6-12-35-20/h5-14,25H,15-17H2,1-4H3,(H,29,33)/t25-/m1/s1. The van der Waals surface area contributed by atoms with Gasteiger partial charge in [0.15, 0.2) is 0 Å². The second kappa shape index (κ2) is 10.2. The molecule has 37 heavy (non-hydrogen) atoms. The maximum absolute atomic E-state index is 13.6. The van der Waals surface area contributed by atoms with Gasteiger partial charge in [-0.05, 0) is 48.2 Å². The molecule has 7 nitrogen and oxygen atoms in total. The summed E-state index contributed by atoms with van der Waals surface area (Å²) in [6.07, 6.45) is 1.57. The summed E-state index contributed by atoms with van der Waals surface area (Å²) in [6.45, 7) is 8.60. The van der Waals surface area contributed by atoms with E-state index < -0.39 is 0 Å². The highest BCUT2D eigenvalue weighted by Crippen LogP contribution is 2.49. The Morgan fingerprint density at radius 1 is 1.19 bits per heavy atom. The summed E-state index contributed by atoms with van der Waals surface area (Å²) in [5.74, 6) is 1.21. The van der Waals surface area contributed by atoms with Gasteiger partial charge in [0.05, 0.1) is 35.2 Å². The zero-order valence-corrected chi connectivity index (χ0v) is 23.0. The van der Waals surface area contributed by atoms with Crippen molar-refractivity contribution in [3.8, 4) is 5.69 Å². The third-order valence-electron chi connectivity index (χ3n) is 6.19. The molecule has 0 spiro atoms. The van der Waals surface area contributed by atoms with E-state index in [-0.39, 0.29) is 41.3 Å². The van der Waals surface area contributed by atoms with Crippen LogP contribution in [-0.2, 0) is 21.5 Å². The molecule has 5 rings (SSSR count). The molecular weight excluding hydrogens is 504 g/mol. The molecule has 1 N–H and O–H groups in total. The van der Waals surface area contributed by atoms with Gasteiger partial charge in [0.25, 0.3) is 0 Å². The Bertz CT molecular complexity index is 1400. The lowest BCUT2D eigenvalue weighted by molar-refractivity contribution is -0.123. The summed E-state index contributed by atoms with van der Waals surface area (Å²) in [6, 6.07) is 15.8. The van der Waals surface area contributed by atoms with E-state index in [0.717, 1.165) is 27.4 Å². The number of amides is 2. The highest BCUT2D eigenvalue weighted by atomic mass is 32.2. The summed E-state index contributed by atoms with van der Waals surface area (Å²) in [5.41, 5.74) is 3.58. The van der Waals surface area contributed by atoms with Crippen LogP contribution < -0.4 is 10.2 Å². The average Bonchev–Trinajstić information content (AvgIpc) is 3.61. The molecule has 2 amide bonds. The lowest BCUT2D eigenvalue weighted by Crippen LogP contribution is -2.42. The summed E-state index contributed by atoms with van der Waals surface area (Å²) >= 11 is 3.27. The number of carbonyl (C=O) groups excluding carboxylic acids is 2. The second-order valence-electron chi connectivity index (χ2n) is 10.1. The monoisotopic (exact) mass is 534 g/mol. The zero-order chi connectivity index (χ0) is 26.2. The van der Waals surface area contributed by atoms with Crippen molar-refractivity contribution in [3.05, 3.63) is 87.6 Å². The predicted octanol–water partition coefficient (Wildman–Crippen LogP) is 5.62. The van der Waals surface area contributed by atoms with Gasteiger partial charge in [0, 0.05) is 15.9 Å². The average molecular weight is 535 g/mol. The van der Waals surface area contributed by atoms with Gasteiger partial charge in [-0.25, -0.2) is 4.68 Å². The maximum atomic E-state index is 13.6. The van der Waals surface area contributed by atoms with Crippen molar-refractivity contribution in [1.29, 1.82) is 0 Å². The first kappa shape index (κ1) is 25.4. The van der Waals surface area contributed by atoms with Crippen molar-refractivity contribution in [2.75, 3.05) is 17.2 Å². The van der Waals surface area contributed by atoms with E-state index in [2.05, 4.69) is 43.6 Å². The van der Waals surface area contributed by atoms with Gasteiger partial charge in [-0.1, -0.05) is 39.0 Å². The number of nitrogens with zero attached hydrogens (tertiary/aromatic N) is 3. The highest BCUT2D eigenvalue weighted by molar-refractivity contribution is 8.00. The van der Waals surface area contributed by atoms with E-state index >= 15 is 0 Å². The lowest BCUT2D eigenvalue weighted by Gasteiger charge is -2.24. The fourth-order valence-electron chi connectivity index (χ4n) is 4.48. The molecule has 1 aliphatic rings. The third kappa shape index (κ3) is 5.24. The zero-order valence-electron chi connectivity index (χ0n) is 21.4. The number of thioether (sulfide) groups is 1. The molecule has 192 valence electrons. The van der Waals surface area contributed by atoms with Crippen LogP contribution in [0.4, 0.5) is 5.82 Å². The Kier molecular flexibility index (Phi) is 7.00. The molecule has 4 heterocycles. The second-order valence-corrected chi connectivity index (χ2v) is 12.2. The third-order valence-corrected chi connectivity index (χ3v) is 8.51. The van der Waals surface area contributed by atoms with E-state index in [9.17, 15) is 9.59 Å². The Morgan fingerprint density at radius 3 is 2.70 bits per heavy atom. The Labute approximate surface area is 224 Å². The molecule has 1 aliphatic heterocycles. The first-order valence-corrected chi connectivity index (χ1v) is 14.1. The number of carbonyl (C=O) groups is 2. The maximum Gasteiger partial charge on any atom is 0.240 e. The minimum absolute atomic E-state index is 0.0667. The van der Waals surface area contributed by atoms with Crippen LogP contribution in [0.3, 0.4) is 0 Å². The Hall–Kier alpha value is -3.30. The number of thiophene rings is 1. The fraction of sp³-hybridized carbons (Fsp3) is 0.321.